The third-order valence-corrected chi connectivity index (χ3v) is 3.52. The van der Waals surface area contributed by atoms with E-state index < -0.39 is 0 Å². The second kappa shape index (κ2) is 6.01. The molecular weight excluding hydrogens is 252 g/mol. The van der Waals surface area contributed by atoms with E-state index in [9.17, 15) is 4.79 Å². The summed E-state index contributed by atoms with van der Waals surface area (Å²) in [6, 6.07) is 9.80. The van der Waals surface area contributed by atoms with Gasteiger partial charge in [0.05, 0.1) is 19.0 Å². The predicted octanol–water partition coefficient (Wildman–Crippen LogP) is 2.54. The standard InChI is InChI=1S/C16H20N2O2/c1-10-8-14(12-6-4-5-7-15(12)18-10)13(11(2)17)9-16(19)20-3/h4-8,11,13H,9,17H2,1-3H3. The topological polar surface area (TPSA) is 65.2 Å². The average Bonchev–Trinajstić information content (AvgIpc) is 2.43. The van der Waals surface area contributed by atoms with Crippen LogP contribution in [0.1, 0.15) is 30.5 Å². The van der Waals surface area contributed by atoms with Crippen LogP contribution in [0.25, 0.3) is 10.9 Å². The number of pyridine rings is 1. The Morgan fingerprint density at radius 3 is 2.75 bits per heavy atom. The third kappa shape index (κ3) is 2.96. The molecule has 4 heteroatoms. The number of rotatable bonds is 4. The highest BCUT2D eigenvalue weighted by atomic mass is 16.5. The number of hydrogen-bond donors (Lipinski definition) is 1. The van der Waals surface area contributed by atoms with Crippen LogP contribution in [0.2, 0.25) is 0 Å². The highest BCUT2D eigenvalue weighted by molar-refractivity contribution is 5.84. The monoisotopic (exact) mass is 272 g/mol. The molecule has 0 amide bonds. The maximum Gasteiger partial charge on any atom is 0.306 e. The van der Waals surface area contributed by atoms with Crippen LogP contribution in [0.3, 0.4) is 0 Å². The summed E-state index contributed by atoms with van der Waals surface area (Å²) >= 11 is 0. The summed E-state index contributed by atoms with van der Waals surface area (Å²) in [5.41, 5.74) is 9.00. The van der Waals surface area contributed by atoms with E-state index in [0.717, 1.165) is 22.2 Å². The minimum atomic E-state index is -0.245. The van der Waals surface area contributed by atoms with Crippen LogP contribution in [-0.2, 0) is 9.53 Å². The summed E-state index contributed by atoms with van der Waals surface area (Å²) in [4.78, 5) is 16.1. The number of ether oxygens (including phenoxy) is 1. The fourth-order valence-corrected chi connectivity index (χ4v) is 2.49. The number of carbonyl (C=O) groups excluding carboxylic acids is 1. The quantitative estimate of drug-likeness (QED) is 0.869. The largest absolute Gasteiger partial charge is 0.469 e. The van der Waals surface area contributed by atoms with Crippen LogP contribution in [-0.4, -0.2) is 24.1 Å². The Bertz CT molecular complexity index is 623. The fourth-order valence-electron chi connectivity index (χ4n) is 2.49. The first-order valence-electron chi connectivity index (χ1n) is 6.71. The molecule has 0 saturated heterocycles. The Morgan fingerprint density at radius 2 is 2.10 bits per heavy atom. The van der Waals surface area contributed by atoms with Crippen molar-refractivity contribution in [2.24, 2.45) is 5.73 Å². The Balaban J connectivity index is 2.55. The second-order valence-electron chi connectivity index (χ2n) is 5.12. The van der Waals surface area contributed by atoms with E-state index in [4.69, 9.17) is 10.5 Å². The predicted molar refractivity (Wildman–Crippen MR) is 79.5 cm³/mol. The summed E-state index contributed by atoms with van der Waals surface area (Å²) in [5, 5.41) is 1.05. The van der Waals surface area contributed by atoms with Gasteiger partial charge in [0.2, 0.25) is 0 Å². The van der Waals surface area contributed by atoms with Gasteiger partial charge in [-0.15, -0.1) is 0 Å². The van der Waals surface area contributed by atoms with Crippen molar-refractivity contribution in [1.82, 2.24) is 4.98 Å². The molecule has 1 aromatic heterocycles. The van der Waals surface area contributed by atoms with Crippen LogP contribution < -0.4 is 5.73 Å². The molecule has 0 spiro atoms. The van der Waals surface area contributed by atoms with Gasteiger partial charge in [0.25, 0.3) is 0 Å². The van der Waals surface area contributed by atoms with Gasteiger partial charge < -0.3 is 10.5 Å². The Kier molecular flexibility index (Phi) is 4.35. The minimum absolute atomic E-state index is 0.0750. The van der Waals surface area contributed by atoms with Gasteiger partial charge in [-0.1, -0.05) is 18.2 Å². The molecule has 0 saturated carbocycles. The zero-order chi connectivity index (χ0) is 14.7. The molecule has 106 valence electrons. The molecule has 2 rings (SSSR count). The number of benzene rings is 1. The molecule has 0 bridgehead atoms. The van der Waals surface area contributed by atoms with E-state index >= 15 is 0 Å². The van der Waals surface area contributed by atoms with Gasteiger partial charge >= 0.3 is 5.97 Å². The van der Waals surface area contributed by atoms with Crippen LogP contribution >= 0.6 is 0 Å². The number of hydrogen-bond acceptors (Lipinski definition) is 4. The van der Waals surface area contributed by atoms with Crippen molar-refractivity contribution >= 4 is 16.9 Å². The molecule has 0 aliphatic rings. The van der Waals surface area contributed by atoms with Gasteiger partial charge in [0.1, 0.15) is 0 Å². The number of carbonyl (C=O) groups is 1. The molecule has 0 aliphatic carbocycles. The van der Waals surface area contributed by atoms with Gasteiger partial charge in [0, 0.05) is 23.0 Å². The van der Waals surface area contributed by atoms with Gasteiger partial charge in [-0.3, -0.25) is 9.78 Å². The number of aromatic nitrogens is 1. The Morgan fingerprint density at radius 1 is 1.40 bits per heavy atom. The van der Waals surface area contributed by atoms with Crippen molar-refractivity contribution in [3.8, 4) is 0 Å². The zero-order valence-electron chi connectivity index (χ0n) is 12.1. The molecule has 2 atom stereocenters. The van der Waals surface area contributed by atoms with Crippen LogP contribution in [0.4, 0.5) is 0 Å². The second-order valence-corrected chi connectivity index (χ2v) is 5.12. The SMILES string of the molecule is COC(=O)CC(c1cc(C)nc2ccccc12)C(C)N. The molecule has 2 N–H and O–H groups in total. The summed E-state index contributed by atoms with van der Waals surface area (Å²) in [7, 11) is 1.40. The minimum Gasteiger partial charge on any atom is -0.469 e. The van der Waals surface area contributed by atoms with Gasteiger partial charge in [0.15, 0.2) is 0 Å². The summed E-state index contributed by atoms with van der Waals surface area (Å²) in [5.74, 6) is -0.320. The van der Waals surface area contributed by atoms with E-state index in [0.29, 0.717) is 0 Å². The number of para-hydroxylation sites is 1. The summed E-state index contributed by atoms with van der Waals surface area (Å²) < 4.78 is 4.78. The van der Waals surface area contributed by atoms with Crippen LogP contribution in [0.15, 0.2) is 30.3 Å². The van der Waals surface area contributed by atoms with Crippen molar-refractivity contribution in [3.05, 3.63) is 41.6 Å². The highest BCUT2D eigenvalue weighted by Crippen LogP contribution is 2.30. The molecule has 4 nitrogen and oxygen atoms in total. The number of nitrogens with zero attached hydrogens (tertiary/aromatic N) is 1. The van der Waals surface area contributed by atoms with E-state index in [1.165, 1.54) is 7.11 Å². The smallest absolute Gasteiger partial charge is 0.306 e. The van der Waals surface area contributed by atoms with Crippen LogP contribution in [0.5, 0.6) is 0 Å². The van der Waals surface area contributed by atoms with E-state index in [-0.39, 0.29) is 24.3 Å². The highest BCUT2D eigenvalue weighted by Gasteiger charge is 2.23. The van der Waals surface area contributed by atoms with Crippen LogP contribution in [0, 0.1) is 6.92 Å². The molecule has 20 heavy (non-hydrogen) atoms. The van der Waals surface area contributed by atoms with Crippen molar-refractivity contribution in [1.29, 1.82) is 0 Å². The molecule has 0 fully saturated rings. The summed E-state index contributed by atoms with van der Waals surface area (Å²) in [6.07, 6.45) is 0.279. The lowest BCUT2D eigenvalue weighted by Crippen LogP contribution is -2.27. The first-order valence-corrected chi connectivity index (χ1v) is 6.71. The maximum absolute atomic E-state index is 11.6. The Labute approximate surface area is 119 Å². The molecular formula is C16H20N2O2. The van der Waals surface area contributed by atoms with Gasteiger partial charge in [-0.05, 0) is 31.5 Å². The first-order chi connectivity index (χ1) is 9.52. The van der Waals surface area contributed by atoms with Crippen molar-refractivity contribution in [2.45, 2.75) is 32.2 Å². The van der Waals surface area contributed by atoms with Gasteiger partial charge in [-0.2, -0.15) is 0 Å². The number of methoxy groups -OCH3 is 1. The molecule has 1 heterocycles. The van der Waals surface area contributed by atoms with E-state index in [1.807, 2.05) is 44.2 Å². The number of esters is 1. The van der Waals surface area contributed by atoms with Crippen molar-refractivity contribution in [2.75, 3.05) is 7.11 Å². The lowest BCUT2D eigenvalue weighted by molar-refractivity contribution is -0.141. The molecule has 0 radical (unpaired) electrons. The lowest BCUT2D eigenvalue weighted by atomic mass is 9.87. The molecule has 2 aromatic rings. The zero-order valence-corrected chi connectivity index (χ0v) is 12.1. The molecule has 2 unspecified atom stereocenters. The van der Waals surface area contributed by atoms with Crippen molar-refractivity contribution < 1.29 is 9.53 Å². The van der Waals surface area contributed by atoms with E-state index in [2.05, 4.69) is 4.98 Å². The molecule has 0 aliphatic heterocycles. The summed E-state index contributed by atoms with van der Waals surface area (Å²) in [6.45, 7) is 3.87. The number of fused-ring (bicyclic) bond motifs is 1. The fraction of sp³-hybridized carbons (Fsp3) is 0.375. The average molecular weight is 272 g/mol. The van der Waals surface area contributed by atoms with Gasteiger partial charge in [-0.25, -0.2) is 0 Å². The normalized spacial score (nSPS) is 14.0. The van der Waals surface area contributed by atoms with Crippen molar-refractivity contribution in [3.63, 3.8) is 0 Å². The maximum atomic E-state index is 11.6. The molecule has 1 aromatic carbocycles. The van der Waals surface area contributed by atoms with E-state index in [1.54, 1.807) is 0 Å². The first kappa shape index (κ1) is 14.5. The third-order valence-electron chi connectivity index (χ3n) is 3.52. The lowest BCUT2D eigenvalue weighted by Gasteiger charge is -2.22. The Hall–Kier alpha value is -1.94. The number of nitrogens with two attached hydrogens (primary N) is 1. The number of aryl methyl sites for hydroxylation is 1.